The number of fused-ring (bicyclic) bond motifs is 1. The second-order valence-electron chi connectivity index (χ2n) is 5.95. The average Bonchev–Trinajstić information content (AvgIpc) is 3.23. The first-order valence-corrected chi connectivity index (χ1v) is 7.46. The maximum atomic E-state index is 11.4. The fourth-order valence-electron chi connectivity index (χ4n) is 3.37. The first-order chi connectivity index (χ1) is 10.6. The zero-order valence-corrected chi connectivity index (χ0v) is 12.2. The lowest BCUT2D eigenvalue weighted by molar-refractivity contribution is 0.0697. The lowest BCUT2D eigenvalue weighted by Gasteiger charge is -2.02. The third-order valence-electron chi connectivity index (χ3n) is 4.55. The molecule has 1 aromatic heterocycles. The van der Waals surface area contributed by atoms with E-state index in [1.165, 1.54) is 11.1 Å². The smallest absolute Gasteiger partial charge is 0.339 e. The SMILES string of the molecule is Cc1oc2ccc([C@@H]3C[C@H]3c3ccccc3)cc2c1C(=O)O. The molecule has 1 aliphatic rings. The molecule has 22 heavy (non-hydrogen) atoms. The van der Waals surface area contributed by atoms with Crippen LogP contribution >= 0.6 is 0 Å². The predicted octanol–water partition coefficient (Wildman–Crippen LogP) is 4.71. The van der Waals surface area contributed by atoms with Gasteiger partial charge in [-0.1, -0.05) is 36.4 Å². The van der Waals surface area contributed by atoms with Gasteiger partial charge in [-0.15, -0.1) is 0 Å². The van der Waals surface area contributed by atoms with Crippen LogP contribution in [0.3, 0.4) is 0 Å². The lowest BCUT2D eigenvalue weighted by atomic mass is 10.0. The Hall–Kier alpha value is -2.55. The van der Waals surface area contributed by atoms with E-state index in [1.807, 2.05) is 18.2 Å². The van der Waals surface area contributed by atoms with E-state index in [-0.39, 0.29) is 5.56 Å². The number of aryl methyl sites for hydroxylation is 1. The Morgan fingerprint density at radius 1 is 1.09 bits per heavy atom. The minimum Gasteiger partial charge on any atom is -0.478 e. The number of carboxylic acid groups (broad SMARTS) is 1. The second kappa shape index (κ2) is 4.73. The van der Waals surface area contributed by atoms with Crippen LogP contribution in [0.4, 0.5) is 0 Å². The number of rotatable bonds is 3. The molecule has 1 N–H and O–H groups in total. The second-order valence-corrected chi connectivity index (χ2v) is 5.95. The number of carbonyl (C=O) groups is 1. The Morgan fingerprint density at radius 2 is 1.82 bits per heavy atom. The van der Waals surface area contributed by atoms with Gasteiger partial charge in [-0.05, 0) is 48.4 Å². The normalized spacial score (nSPS) is 20.2. The van der Waals surface area contributed by atoms with Crippen molar-refractivity contribution in [1.82, 2.24) is 0 Å². The molecule has 0 amide bonds. The van der Waals surface area contributed by atoms with E-state index >= 15 is 0 Å². The van der Waals surface area contributed by atoms with E-state index in [0.717, 1.165) is 6.42 Å². The fourth-order valence-corrected chi connectivity index (χ4v) is 3.37. The third-order valence-corrected chi connectivity index (χ3v) is 4.55. The molecule has 0 radical (unpaired) electrons. The maximum absolute atomic E-state index is 11.4. The van der Waals surface area contributed by atoms with Crippen molar-refractivity contribution in [3.8, 4) is 0 Å². The molecule has 0 bridgehead atoms. The molecule has 0 spiro atoms. The largest absolute Gasteiger partial charge is 0.478 e. The fraction of sp³-hybridized carbons (Fsp3) is 0.211. The van der Waals surface area contributed by atoms with Crippen molar-refractivity contribution >= 4 is 16.9 Å². The first kappa shape index (κ1) is 13.1. The quantitative estimate of drug-likeness (QED) is 0.760. The standard InChI is InChI=1S/C19H16O3/c1-11-18(19(20)21)16-9-13(7-8-17(16)22-11)15-10-14(15)12-5-3-2-4-6-12/h2-9,14-15H,10H2,1H3,(H,20,21)/t14-,15-/m0/s1. The van der Waals surface area contributed by atoms with Gasteiger partial charge in [0.1, 0.15) is 16.9 Å². The van der Waals surface area contributed by atoms with Gasteiger partial charge >= 0.3 is 5.97 Å². The van der Waals surface area contributed by atoms with Crippen molar-refractivity contribution in [2.75, 3.05) is 0 Å². The summed E-state index contributed by atoms with van der Waals surface area (Å²) >= 11 is 0. The van der Waals surface area contributed by atoms with Crippen molar-refractivity contribution in [3.05, 3.63) is 71.0 Å². The molecule has 2 aromatic carbocycles. The Kier molecular flexibility index (Phi) is 2.83. The van der Waals surface area contributed by atoms with Gasteiger partial charge in [0.2, 0.25) is 0 Å². The van der Waals surface area contributed by atoms with Crippen molar-refractivity contribution in [1.29, 1.82) is 0 Å². The highest BCUT2D eigenvalue weighted by Crippen LogP contribution is 2.55. The van der Waals surface area contributed by atoms with Crippen LogP contribution in [0, 0.1) is 6.92 Å². The zero-order chi connectivity index (χ0) is 15.3. The summed E-state index contributed by atoms with van der Waals surface area (Å²) in [5.74, 6) is 0.558. The summed E-state index contributed by atoms with van der Waals surface area (Å²) in [6.07, 6.45) is 1.12. The number of aromatic carboxylic acids is 1. The van der Waals surface area contributed by atoms with E-state index in [9.17, 15) is 9.90 Å². The number of furan rings is 1. The third kappa shape index (κ3) is 2.01. The summed E-state index contributed by atoms with van der Waals surface area (Å²) in [7, 11) is 0. The highest BCUT2D eigenvalue weighted by Gasteiger charge is 2.39. The number of carboxylic acids is 1. The van der Waals surface area contributed by atoms with Crippen molar-refractivity contribution in [2.45, 2.75) is 25.2 Å². The summed E-state index contributed by atoms with van der Waals surface area (Å²) < 4.78 is 5.55. The summed E-state index contributed by atoms with van der Waals surface area (Å²) in [5, 5.41) is 10.1. The van der Waals surface area contributed by atoms with Gasteiger partial charge < -0.3 is 9.52 Å². The van der Waals surface area contributed by atoms with E-state index < -0.39 is 5.97 Å². The van der Waals surface area contributed by atoms with E-state index in [4.69, 9.17) is 4.42 Å². The molecule has 3 nitrogen and oxygen atoms in total. The van der Waals surface area contributed by atoms with Gasteiger partial charge in [-0.3, -0.25) is 0 Å². The van der Waals surface area contributed by atoms with E-state index in [2.05, 4.69) is 30.3 Å². The van der Waals surface area contributed by atoms with Crippen LogP contribution in [0.5, 0.6) is 0 Å². The van der Waals surface area contributed by atoms with Gasteiger partial charge in [0.15, 0.2) is 0 Å². The van der Waals surface area contributed by atoms with Gasteiger partial charge in [0, 0.05) is 5.39 Å². The number of hydrogen-bond acceptors (Lipinski definition) is 2. The van der Waals surface area contributed by atoms with E-state index in [1.54, 1.807) is 6.92 Å². The zero-order valence-electron chi connectivity index (χ0n) is 12.2. The summed E-state index contributed by atoms with van der Waals surface area (Å²) in [5.41, 5.74) is 3.49. The monoisotopic (exact) mass is 292 g/mol. The topological polar surface area (TPSA) is 50.4 Å². The maximum Gasteiger partial charge on any atom is 0.339 e. The predicted molar refractivity (Wildman–Crippen MR) is 84.5 cm³/mol. The van der Waals surface area contributed by atoms with Crippen LogP contribution in [0.15, 0.2) is 52.9 Å². The Morgan fingerprint density at radius 3 is 2.55 bits per heavy atom. The van der Waals surface area contributed by atoms with Gasteiger partial charge in [-0.25, -0.2) is 4.79 Å². The average molecular weight is 292 g/mol. The molecule has 1 aliphatic carbocycles. The first-order valence-electron chi connectivity index (χ1n) is 7.46. The van der Waals surface area contributed by atoms with Crippen LogP contribution in [0.25, 0.3) is 11.0 Å². The molecule has 1 saturated carbocycles. The van der Waals surface area contributed by atoms with Crippen molar-refractivity contribution < 1.29 is 14.3 Å². The Bertz CT molecular complexity index is 861. The van der Waals surface area contributed by atoms with Crippen LogP contribution in [0.2, 0.25) is 0 Å². The highest BCUT2D eigenvalue weighted by atomic mass is 16.4. The van der Waals surface area contributed by atoms with Gasteiger partial charge in [-0.2, -0.15) is 0 Å². The molecule has 3 heteroatoms. The van der Waals surface area contributed by atoms with Crippen LogP contribution in [-0.2, 0) is 0 Å². The summed E-state index contributed by atoms with van der Waals surface area (Å²) in [4.78, 5) is 11.4. The number of hydrogen-bond donors (Lipinski definition) is 1. The number of benzene rings is 2. The molecule has 3 aromatic rings. The molecule has 110 valence electrons. The van der Waals surface area contributed by atoms with Crippen molar-refractivity contribution in [3.63, 3.8) is 0 Å². The van der Waals surface area contributed by atoms with Gasteiger partial charge in [0.05, 0.1) is 0 Å². The minimum absolute atomic E-state index is 0.286. The molecule has 2 atom stereocenters. The molecular formula is C19H16O3. The van der Waals surface area contributed by atoms with Crippen molar-refractivity contribution in [2.24, 2.45) is 0 Å². The summed E-state index contributed by atoms with van der Waals surface area (Å²) in [6, 6.07) is 16.4. The van der Waals surface area contributed by atoms with Crippen LogP contribution < -0.4 is 0 Å². The Labute approximate surface area is 128 Å². The Balaban J connectivity index is 1.72. The molecule has 1 heterocycles. The summed E-state index contributed by atoms with van der Waals surface area (Å²) in [6.45, 7) is 1.70. The molecule has 0 saturated heterocycles. The minimum atomic E-state index is -0.927. The lowest BCUT2D eigenvalue weighted by Crippen LogP contribution is -1.96. The molecular weight excluding hydrogens is 276 g/mol. The van der Waals surface area contributed by atoms with Crippen LogP contribution in [0.1, 0.15) is 45.5 Å². The molecule has 4 rings (SSSR count). The molecule has 1 fully saturated rings. The van der Waals surface area contributed by atoms with Crippen LogP contribution in [-0.4, -0.2) is 11.1 Å². The molecule has 0 aliphatic heterocycles. The van der Waals surface area contributed by atoms with Gasteiger partial charge in [0.25, 0.3) is 0 Å². The highest BCUT2D eigenvalue weighted by molar-refractivity contribution is 6.03. The van der Waals surface area contributed by atoms with E-state index in [0.29, 0.717) is 28.6 Å². The molecule has 0 unspecified atom stereocenters.